The van der Waals surface area contributed by atoms with Crippen molar-refractivity contribution in [2.45, 2.75) is 61.5 Å². The van der Waals surface area contributed by atoms with Crippen molar-refractivity contribution in [3.05, 3.63) is 90.5 Å². The van der Waals surface area contributed by atoms with Crippen LogP contribution >= 0.6 is 0 Å². The summed E-state index contributed by atoms with van der Waals surface area (Å²) in [5.74, 6) is -2.16. The van der Waals surface area contributed by atoms with E-state index in [0.29, 0.717) is 5.56 Å². The molecule has 13 heteroatoms. The highest BCUT2D eigenvalue weighted by Crippen LogP contribution is 2.29. The van der Waals surface area contributed by atoms with Crippen LogP contribution in [0.15, 0.2) is 89.8 Å². The molecule has 2 unspecified atom stereocenters. The predicted octanol–water partition coefficient (Wildman–Crippen LogP) is 2.35. The largest absolute Gasteiger partial charge is 0.433 e. The first-order valence-electron chi connectivity index (χ1n) is 15.6. The van der Waals surface area contributed by atoms with E-state index in [1.807, 2.05) is 36.4 Å². The van der Waals surface area contributed by atoms with Crippen LogP contribution in [0.2, 0.25) is 0 Å². The molecule has 0 aliphatic carbocycles. The Morgan fingerprint density at radius 3 is 2.43 bits per heavy atom. The zero-order chi connectivity index (χ0) is 33.1. The van der Waals surface area contributed by atoms with Gasteiger partial charge in [-0.05, 0) is 48.7 Å². The zero-order valence-electron chi connectivity index (χ0n) is 25.8. The first-order chi connectivity index (χ1) is 22.7. The SMILES string of the molecule is CCOC1OC(=O)CC1NC(=O)[C@@H]1CN(S(=O)(=O)c2ccccc2)C[C@@H]2C/C=C\C[C@H](NC(=O)c3cccc4ccccc34)C(=O)N21. The molecule has 3 aromatic rings. The summed E-state index contributed by atoms with van der Waals surface area (Å²) in [4.78, 5) is 55.6. The minimum absolute atomic E-state index is 0.0618. The molecule has 0 radical (unpaired) electrons. The number of amides is 3. The lowest BCUT2D eigenvalue weighted by atomic mass is 9.97. The van der Waals surface area contributed by atoms with Gasteiger partial charge in [0, 0.05) is 31.3 Å². The van der Waals surface area contributed by atoms with Gasteiger partial charge in [0.05, 0.1) is 11.3 Å². The highest BCUT2D eigenvalue weighted by Gasteiger charge is 2.48. The second-order valence-corrected chi connectivity index (χ2v) is 13.6. The summed E-state index contributed by atoms with van der Waals surface area (Å²) in [7, 11) is -4.04. The maximum absolute atomic E-state index is 14.4. The van der Waals surface area contributed by atoms with E-state index in [1.165, 1.54) is 21.3 Å². The number of cyclic esters (lactones) is 1. The van der Waals surface area contributed by atoms with Gasteiger partial charge in [-0.15, -0.1) is 0 Å². The fraction of sp³-hybridized carbons (Fsp3) is 0.353. The molecule has 47 heavy (non-hydrogen) atoms. The fourth-order valence-electron chi connectivity index (χ4n) is 6.40. The first-order valence-corrected chi connectivity index (χ1v) is 17.0. The maximum Gasteiger partial charge on any atom is 0.310 e. The number of nitrogens with one attached hydrogen (secondary N) is 2. The Morgan fingerprint density at radius 2 is 1.64 bits per heavy atom. The standard InChI is InChI=1S/C34H36N4O8S/c1-2-45-34-28(19-30(39)46-34)36-32(41)29-21-37(47(43,44)24-14-4-3-5-15-24)20-23-13-7-9-18-27(33(42)38(23)29)35-31(40)26-17-10-12-22-11-6-8-16-25(22)26/h3-12,14-17,23,27-29,34H,2,13,18-21H2,1H3,(H,35,40)(H,36,41)/b9-7-/t23-,27-,28?,29-,34?/m0/s1. The molecule has 0 aromatic heterocycles. The summed E-state index contributed by atoms with van der Waals surface area (Å²) >= 11 is 0. The second-order valence-electron chi connectivity index (χ2n) is 11.7. The van der Waals surface area contributed by atoms with Crippen LogP contribution in [0.25, 0.3) is 10.8 Å². The van der Waals surface area contributed by atoms with Crippen molar-refractivity contribution < 1.29 is 37.1 Å². The zero-order valence-corrected chi connectivity index (χ0v) is 26.6. The molecule has 2 saturated heterocycles. The molecule has 6 rings (SSSR count). The predicted molar refractivity (Wildman–Crippen MR) is 171 cm³/mol. The smallest absolute Gasteiger partial charge is 0.310 e. The van der Waals surface area contributed by atoms with Crippen LogP contribution in [0.1, 0.15) is 36.5 Å². The van der Waals surface area contributed by atoms with E-state index >= 15 is 0 Å². The lowest BCUT2D eigenvalue weighted by Gasteiger charge is -2.47. The molecule has 3 aliphatic heterocycles. The highest BCUT2D eigenvalue weighted by atomic mass is 32.2. The number of ether oxygens (including phenoxy) is 2. The molecular weight excluding hydrogens is 624 g/mol. The number of fused-ring (bicyclic) bond motifs is 2. The van der Waals surface area contributed by atoms with Crippen molar-refractivity contribution in [2.75, 3.05) is 19.7 Å². The number of piperazine rings is 1. The quantitative estimate of drug-likeness (QED) is 0.276. The molecule has 5 atom stereocenters. The van der Waals surface area contributed by atoms with Crippen LogP contribution in [-0.2, 0) is 33.9 Å². The number of benzene rings is 3. The number of esters is 1. The lowest BCUT2D eigenvalue weighted by molar-refractivity contribution is -0.165. The van der Waals surface area contributed by atoms with E-state index in [2.05, 4.69) is 10.6 Å². The summed E-state index contributed by atoms with van der Waals surface area (Å²) in [5, 5.41) is 7.27. The van der Waals surface area contributed by atoms with Gasteiger partial charge in [0.25, 0.3) is 5.91 Å². The third-order valence-corrected chi connectivity index (χ3v) is 10.5. The Bertz CT molecular complexity index is 1810. The topological polar surface area (TPSA) is 151 Å². The summed E-state index contributed by atoms with van der Waals surface area (Å²) in [6.07, 6.45) is 2.93. The number of hydrogen-bond acceptors (Lipinski definition) is 8. The van der Waals surface area contributed by atoms with Crippen molar-refractivity contribution >= 4 is 44.5 Å². The lowest BCUT2D eigenvalue weighted by Crippen LogP contribution is -2.68. The number of sulfonamides is 1. The third kappa shape index (κ3) is 6.64. The van der Waals surface area contributed by atoms with Crippen molar-refractivity contribution in [1.82, 2.24) is 19.8 Å². The number of carbonyl (C=O) groups is 4. The molecule has 3 aliphatic rings. The molecule has 0 bridgehead atoms. The van der Waals surface area contributed by atoms with Crippen molar-refractivity contribution in [1.29, 1.82) is 0 Å². The van der Waals surface area contributed by atoms with Gasteiger partial charge < -0.3 is 25.0 Å². The normalized spacial score (nSPS) is 25.7. The van der Waals surface area contributed by atoms with Gasteiger partial charge in [-0.2, -0.15) is 4.31 Å². The van der Waals surface area contributed by atoms with Gasteiger partial charge in [-0.25, -0.2) is 8.42 Å². The Balaban J connectivity index is 1.32. The van der Waals surface area contributed by atoms with Gasteiger partial charge in [0.1, 0.15) is 18.1 Å². The average Bonchev–Trinajstić information content (AvgIpc) is 3.42. The third-order valence-electron chi connectivity index (χ3n) is 8.66. The van der Waals surface area contributed by atoms with E-state index in [1.54, 1.807) is 43.3 Å². The van der Waals surface area contributed by atoms with E-state index in [0.717, 1.165) is 10.8 Å². The maximum atomic E-state index is 14.4. The molecule has 2 N–H and O–H groups in total. The van der Waals surface area contributed by atoms with Gasteiger partial charge in [0.15, 0.2) is 0 Å². The Labute approximate surface area is 272 Å². The minimum atomic E-state index is -4.04. The van der Waals surface area contributed by atoms with E-state index in [-0.39, 0.29) is 43.9 Å². The van der Waals surface area contributed by atoms with E-state index in [9.17, 15) is 27.6 Å². The number of rotatable bonds is 8. The minimum Gasteiger partial charge on any atom is -0.433 e. The number of nitrogens with zero attached hydrogens (tertiary/aromatic N) is 2. The van der Waals surface area contributed by atoms with Crippen LogP contribution in [0.4, 0.5) is 0 Å². The summed E-state index contributed by atoms with van der Waals surface area (Å²) in [5.41, 5.74) is 0.402. The molecule has 3 aromatic carbocycles. The Kier molecular flexibility index (Phi) is 9.39. The molecule has 246 valence electrons. The van der Waals surface area contributed by atoms with Crippen LogP contribution < -0.4 is 10.6 Å². The highest BCUT2D eigenvalue weighted by molar-refractivity contribution is 7.89. The first kappa shape index (κ1) is 32.4. The fourth-order valence-corrected chi connectivity index (χ4v) is 7.90. The molecule has 12 nitrogen and oxygen atoms in total. The van der Waals surface area contributed by atoms with E-state index < -0.39 is 64.2 Å². The summed E-state index contributed by atoms with van der Waals surface area (Å²) < 4.78 is 39.5. The van der Waals surface area contributed by atoms with E-state index in [4.69, 9.17) is 9.47 Å². The van der Waals surface area contributed by atoms with Crippen LogP contribution in [-0.4, -0.2) is 91.5 Å². The molecule has 3 amide bonds. The molecule has 2 fully saturated rings. The van der Waals surface area contributed by atoms with Crippen LogP contribution in [0.5, 0.6) is 0 Å². The van der Waals surface area contributed by atoms with Gasteiger partial charge in [-0.1, -0.05) is 66.7 Å². The van der Waals surface area contributed by atoms with Gasteiger partial charge in [-0.3, -0.25) is 19.2 Å². The molecule has 0 spiro atoms. The summed E-state index contributed by atoms with van der Waals surface area (Å²) in [6.45, 7) is 1.56. The van der Waals surface area contributed by atoms with Crippen molar-refractivity contribution in [3.8, 4) is 0 Å². The number of hydrogen-bond donors (Lipinski definition) is 2. The van der Waals surface area contributed by atoms with Gasteiger partial charge >= 0.3 is 5.97 Å². The summed E-state index contributed by atoms with van der Waals surface area (Å²) in [6, 6.07) is 16.8. The van der Waals surface area contributed by atoms with Gasteiger partial charge in [0.2, 0.25) is 28.1 Å². The molecule has 3 heterocycles. The second kappa shape index (κ2) is 13.6. The number of carbonyl (C=O) groups excluding carboxylic acids is 4. The molecule has 0 saturated carbocycles. The Morgan fingerprint density at radius 1 is 0.915 bits per heavy atom. The van der Waals surface area contributed by atoms with Crippen molar-refractivity contribution in [2.24, 2.45) is 0 Å². The molecular formula is C34H36N4O8S. The van der Waals surface area contributed by atoms with Crippen LogP contribution in [0, 0.1) is 0 Å². The van der Waals surface area contributed by atoms with Crippen molar-refractivity contribution in [3.63, 3.8) is 0 Å². The Hall–Kier alpha value is -4.59. The van der Waals surface area contributed by atoms with Crippen LogP contribution in [0.3, 0.4) is 0 Å². The monoisotopic (exact) mass is 660 g/mol. The average molecular weight is 661 g/mol.